The third kappa shape index (κ3) is 3.74. The van der Waals surface area contributed by atoms with Crippen molar-refractivity contribution in [3.63, 3.8) is 0 Å². The highest BCUT2D eigenvalue weighted by molar-refractivity contribution is 7.88. The smallest absolute Gasteiger partial charge is 0.251 e. The Morgan fingerprint density at radius 1 is 1.50 bits per heavy atom. The molecule has 130 valence electrons. The summed E-state index contributed by atoms with van der Waals surface area (Å²) in [6.07, 6.45) is 0.825. The molecule has 0 unspecified atom stereocenters. The van der Waals surface area contributed by atoms with Gasteiger partial charge < -0.3 is 15.0 Å². The Morgan fingerprint density at radius 3 is 3.04 bits per heavy atom. The molecule has 2 aromatic rings. The van der Waals surface area contributed by atoms with Gasteiger partial charge in [-0.25, -0.2) is 13.4 Å². The summed E-state index contributed by atoms with van der Waals surface area (Å²) < 4.78 is 30.1. The number of aryl methyl sites for hydroxylation is 1. The van der Waals surface area contributed by atoms with Crippen LogP contribution in [-0.2, 0) is 14.8 Å². The number of carbonyl (C=O) groups is 1. The number of hydrogen-bond acceptors (Lipinski definition) is 5. The van der Waals surface area contributed by atoms with E-state index in [0.717, 1.165) is 16.9 Å². The molecule has 24 heavy (non-hydrogen) atoms. The van der Waals surface area contributed by atoms with Crippen LogP contribution in [-0.4, -0.2) is 67.2 Å². The lowest BCUT2D eigenvalue weighted by Gasteiger charge is -2.31. The van der Waals surface area contributed by atoms with Crippen molar-refractivity contribution < 1.29 is 17.9 Å². The number of nitrogens with zero attached hydrogens (tertiary/aromatic N) is 2. The van der Waals surface area contributed by atoms with Gasteiger partial charge in [-0.3, -0.25) is 4.79 Å². The number of ether oxygens (including phenoxy) is 1. The standard InChI is InChI=1S/C15H20N4O4S/c1-10-17-13-4-3-11(7-14(13)18-10)15(20)16-8-12-9-19(5-6-23-12)24(2,21)22/h3-4,7,12H,5-6,8-9H2,1-2H3,(H,16,20)(H,17,18)/t12-/m1/s1. The zero-order chi connectivity index (χ0) is 17.3. The zero-order valence-corrected chi connectivity index (χ0v) is 14.4. The first-order valence-corrected chi connectivity index (χ1v) is 9.49. The first kappa shape index (κ1) is 16.9. The largest absolute Gasteiger partial charge is 0.374 e. The number of morpholine rings is 1. The van der Waals surface area contributed by atoms with E-state index >= 15 is 0 Å². The summed E-state index contributed by atoms with van der Waals surface area (Å²) in [5.41, 5.74) is 2.13. The van der Waals surface area contributed by atoms with E-state index < -0.39 is 10.0 Å². The molecule has 0 radical (unpaired) electrons. The predicted molar refractivity (Wildman–Crippen MR) is 89.3 cm³/mol. The molecule has 1 aromatic carbocycles. The Kier molecular flexibility index (Phi) is 4.57. The summed E-state index contributed by atoms with van der Waals surface area (Å²) in [5, 5.41) is 2.79. The van der Waals surface area contributed by atoms with Gasteiger partial charge in [-0.2, -0.15) is 4.31 Å². The van der Waals surface area contributed by atoms with Crippen LogP contribution in [0.4, 0.5) is 0 Å². The monoisotopic (exact) mass is 352 g/mol. The van der Waals surface area contributed by atoms with E-state index in [1.54, 1.807) is 18.2 Å². The van der Waals surface area contributed by atoms with Gasteiger partial charge in [0.05, 0.1) is 30.0 Å². The van der Waals surface area contributed by atoms with Crippen molar-refractivity contribution in [1.29, 1.82) is 0 Å². The van der Waals surface area contributed by atoms with Crippen LogP contribution in [0, 0.1) is 6.92 Å². The van der Waals surface area contributed by atoms with Crippen molar-refractivity contribution in [2.45, 2.75) is 13.0 Å². The summed E-state index contributed by atoms with van der Waals surface area (Å²) in [6, 6.07) is 5.24. The molecule has 1 aromatic heterocycles. The van der Waals surface area contributed by atoms with Gasteiger partial charge in [-0.05, 0) is 25.1 Å². The SMILES string of the molecule is Cc1nc2ccc(C(=O)NC[C@@H]3CN(S(C)(=O)=O)CCO3)cc2[nH]1. The van der Waals surface area contributed by atoms with Crippen molar-refractivity contribution in [3.8, 4) is 0 Å². The van der Waals surface area contributed by atoms with Gasteiger partial charge in [-0.15, -0.1) is 0 Å². The molecule has 1 aliphatic heterocycles. The number of imidazole rings is 1. The first-order chi connectivity index (χ1) is 11.3. The summed E-state index contributed by atoms with van der Waals surface area (Å²) >= 11 is 0. The van der Waals surface area contributed by atoms with E-state index in [4.69, 9.17) is 4.74 Å². The lowest BCUT2D eigenvalue weighted by atomic mass is 10.2. The number of fused-ring (bicyclic) bond motifs is 1. The predicted octanol–water partition coefficient (Wildman–Crippen LogP) is 0.262. The molecule has 1 saturated heterocycles. The number of amides is 1. The highest BCUT2D eigenvalue weighted by atomic mass is 32.2. The van der Waals surface area contributed by atoms with Crippen molar-refractivity contribution in [1.82, 2.24) is 19.6 Å². The molecule has 3 rings (SSSR count). The summed E-state index contributed by atoms with van der Waals surface area (Å²) in [5.74, 6) is 0.559. The molecule has 8 nitrogen and oxygen atoms in total. The summed E-state index contributed by atoms with van der Waals surface area (Å²) in [4.78, 5) is 19.7. The second-order valence-corrected chi connectivity index (χ2v) is 7.86. The minimum atomic E-state index is -3.24. The van der Waals surface area contributed by atoms with Crippen LogP contribution in [0.1, 0.15) is 16.2 Å². The first-order valence-electron chi connectivity index (χ1n) is 7.64. The van der Waals surface area contributed by atoms with Gasteiger partial charge in [0.2, 0.25) is 10.0 Å². The van der Waals surface area contributed by atoms with Crippen molar-refractivity contribution in [3.05, 3.63) is 29.6 Å². The van der Waals surface area contributed by atoms with Gasteiger partial charge in [0, 0.05) is 25.2 Å². The van der Waals surface area contributed by atoms with Crippen LogP contribution in [0.25, 0.3) is 11.0 Å². The number of hydrogen-bond donors (Lipinski definition) is 2. The summed E-state index contributed by atoms with van der Waals surface area (Å²) in [7, 11) is -3.24. The molecular weight excluding hydrogens is 332 g/mol. The number of benzene rings is 1. The third-order valence-electron chi connectivity index (χ3n) is 3.92. The topological polar surface area (TPSA) is 104 Å². The number of nitrogens with one attached hydrogen (secondary N) is 2. The molecule has 0 bridgehead atoms. The molecule has 2 heterocycles. The van der Waals surface area contributed by atoms with Crippen LogP contribution in [0.3, 0.4) is 0 Å². The Morgan fingerprint density at radius 2 is 2.29 bits per heavy atom. The highest BCUT2D eigenvalue weighted by Crippen LogP contribution is 2.14. The number of H-pyrrole nitrogens is 1. The Hall–Kier alpha value is -1.97. The van der Waals surface area contributed by atoms with Gasteiger partial charge >= 0.3 is 0 Å². The molecule has 1 amide bonds. The molecule has 1 fully saturated rings. The molecule has 9 heteroatoms. The average Bonchev–Trinajstić information content (AvgIpc) is 2.91. The molecule has 0 spiro atoms. The quantitative estimate of drug-likeness (QED) is 0.821. The third-order valence-corrected chi connectivity index (χ3v) is 5.19. The highest BCUT2D eigenvalue weighted by Gasteiger charge is 2.26. The molecule has 2 N–H and O–H groups in total. The maximum atomic E-state index is 12.3. The fourth-order valence-corrected chi connectivity index (χ4v) is 3.55. The van der Waals surface area contributed by atoms with E-state index in [1.165, 1.54) is 10.6 Å². The Bertz CT molecular complexity index is 861. The lowest BCUT2D eigenvalue weighted by molar-refractivity contribution is 0.000439. The van der Waals surface area contributed by atoms with Crippen LogP contribution in [0.2, 0.25) is 0 Å². The Balaban J connectivity index is 1.62. The van der Waals surface area contributed by atoms with Gasteiger partial charge in [0.25, 0.3) is 5.91 Å². The molecule has 0 aliphatic carbocycles. The average molecular weight is 352 g/mol. The van der Waals surface area contributed by atoms with Crippen molar-refractivity contribution >= 4 is 27.0 Å². The van der Waals surface area contributed by atoms with E-state index in [9.17, 15) is 13.2 Å². The fourth-order valence-electron chi connectivity index (χ4n) is 2.70. The van der Waals surface area contributed by atoms with Crippen LogP contribution in [0.5, 0.6) is 0 Å². The van der Waals surface area contributed by atoms with E-state index in [1.807, 2.05) is 6.92 Å². The van der Waals surface area contributed by atoms with Crippen LogP contribution >= 0.6 is 0 Å². The van der Waals surface area contributed by atoms with Gasteiger partial charge in [-0.1, -0.05) is 0 Å². The molecular formula is C15H20N4O4S. The second-order valence-electron chi connectivity index (χ2n) is 5.88. The van der Waals surface area contributed by atoms with Gasteiger partial charge in [0.15, 0.2) is 0 Å². The maximum Gasteiger partial charge on any atom is 0.251 e. The van der Waals surface area contributed by atoms with Crippen LogP contribution < -0.4 is 5.32 Å². The fraction of sp³-hybridized carbons (Fsp3) is 0.467. The number of aromatic amines is 1. The Labute approximate surface area is 140 Å². The van der Waals surface area contributed by atoms with E-state index in [2.05, 4.69) is 15.3 Å². The van der Waals surface area contributed by atoms with Crippen LogP contribution in [0.15, 0.2) is 18.2 Å². The minimum Gasteiger partial charge on any atom is -0.374 e. The molecule has 1 aliphatic rings. The molecule has 1 atom stereocenters. The number of aromatic nitrogens is 2. The van der Waals surface area contributed by atoms with E-state index in [-0.39, 0.29) is 25.1 Å². The number of rotatable bonds is 4. The number of sulfonamides is 1. The van der Waals surface area contributed by atoms with Crippen molar-refractivity contribution in [2.75, 3.05) is 32.5 Å². The summed E-state index contributed by atoms with van der Waals surface area (Å²) in [6.45, 7) is 3.03. The second kappa shape index (κ2) is 6.50. The minimum absolute atomic E-state index is 0.232. The number of carbonyl (C=O) groups excluding carboxylic acids is 1. The van der Waals surface area contributed by atoms with E-state index in [0.29, 0.717) is 18.7 Å². The normalized spacial score (nSPS) is 19.5. The lowest BCUT2D eigenvalue weighted by Crippen LogP contribution is -2.49. The van der Waals surface area contributed by atoms with Crippen molar-refractivity contribution in [2.24, 2.45) is 0 Å². The zero-order valence-electron chi connectivity index (χ0n) is 13.6. The maximum absolute atomic E-state index is 12.3. The van der Waals surface area contributed by atoms with Gasteiger partial charge in [0.1, 0.15) is 5.82 Å². The molecule has 0 saturated carbocycles.